The van der Waals surface area contributed by atoms with E-state index in [4.69, 9.17) is 11.6 Å². The van der Waals surface area contributed by atoms with Crippen LogP contribution in [0.25, 0.3) is 0 Å². The Hall–Kier alpha value is -1.85. The third-order valence-electron chi connectivity index (χ3n) is 2.89. The molecule has 2 rings (SSSR count). The van der Waals surface area contributed by atoms with Gasteiger partial charge in [-0.1, -0.05) is 23.7 Å². The lowest BCUT2D eigenvalue weighted by molar-refractivity contribution is 0.102. The van der Waals surface area contributed by atoms with Crippen molar-refractivity contribution < 1.29 is 13.2 Å². The summed E-state index contributed by atoms with van der Waals surface area (Å²) in [5.41, 5.74) is 1.76. The minimum atomic E-state index is -3.39. The molecule has 0 heterocycles. The van der Waals surface area contributed by atoms with E-state index >= 15 is 0 Å². The summed E-state index contributed by atoms with van der Waals surface area (Å²) in [6.07, 6.45) is 1.08. The van der Waals surface area contributed by atoms with Crippen LogP contribution in [0.4, 0.5) is 5.69 Å². The largest absolute Gasteiger partial charge is 0.322 e. The zero-order valence-corrected chi connectivity index (χ0v) is 13.1. The first-order chi connectivity index (χ1) is 9.77. The molecule has 0 radical (unpaired) electrons. The number of anilines is 1. The van der Waals surface area contributed by atoms with E-state index in [0.717, 1.165) is 11.8 Å². The van der Waals surface area contributed by atoms with Gasteiger partial charge in [-0.05, 0) is 42.8 Å². The summed E-state index contributed by atoms with van der Waals surface area (Å²) < 4.78 is 23.1. The third-order valence-corrected chi connectivity index (χ3v) is 4.33. The number of carbonyl (C=O) groups is 1. The number of halogens is 1. The van der Waals surface area contributed by atoms with Gasteiger partial charge >= 0.3 is 0 Å². The highest BCUT2D eigenvalue weighted by molar-refractivity contribution is 7.90. The first-order valence-corrected chi connectivity index (χ1v) is 8.42. The first kappa shape index (κ1) is 15.5. The number of rotatable bonds is 3. The van der Waals surface area contributed by atoms with E-state index < -0.39 is 15.7 Å². The van der Waals surface area contributed by atoms with Crippen LogP contribution in [0.3, 0.4) is 0 Å². The van der Waals surface area contributed by atoms with Gasteiger partial charge in [-0.2, -0.15) is 0 Å². The number of nitrogens with one attached hydrogen (secondary N) is 1. The second-order valence-electron chi connectivity index (χ2n) is 4.74. The normalized spacial score (nSPS) is 11.2. The fraction of sp³-hybridized carbons (Fsp3) is 0.133. The summed E-state index contributed by atoms with van der Waals surface area (Å²) >= 11 is 5.98. The fourth-order valence-corrected chi connectivity index (χ4v) is 2.68. The molecule has 0 spiro atoms. The molecular formula is C15H14ClNO3S. The van der Waals surface area contributed by atoms with Crippen LogP contribution in [-0.2, 0) is 9.84 Å². The summed E-state index contributed by atoms with van der Waals surface area (Å²) in [7, 11) is -3.39. The zero-order chi connectivity index (χ0) is 15.6. The van der Waals surface area contributed by atoms with Crippen molar-refractivity contribution in [3.05, 3.63) is 58.6 Å². The van der Waals surface area contributed by atoms with Gasteiger partial charge in [0.25, 0.3) is 5.91 Å². The van der Waals surface area contributed by atoms with Crippen LogP contribution in [-0.4, -0.2) is 20.6 Å². The molecule has 0 unspecified atom stereocenters. The van der Waals surface area contributed by atoms with Gasteiger partial charge < -0.3 is 5.32 Å². The molecule has 0 atom stereocenters. The maximum atomic E-state index is 12.2. The predicted molar refractivity (Wildman–Crippen MR) is 83.7 cm³/mol. The maximum absolute atomic E-state index is 12.2. The summed E-state index contributed by atoms with van der Waals surface area (Å²) in [5.74, 6) is -0.448. The minimum Gasteiger partial charge on any atom is -0.322 e. The molecule has 21 heavy (non-hydrogen) atoms. The standard InChI is InChI=1S/C15H14ClNO3S/c1-10-4-3-5-11(8-10)17-15(18)13-9-12(21(2,19)20)6-7-14(13)16/h3-9H,1-2H3,(H,17,18). The quantitative estimate of drug-likeness (QED) is 0.942. The van der Waals surface area contributed by atoms with Crippen LogP contribution in [0.5, 0.6) is 0 Å². The molecule has 4 nitrogen and oxygen atoms in total. The van der Waals surface area contributed by atoms with E-state index in [-0.39, 0.29) is 15.5 Å². The van der Waals surface area contributed by atoms with E-state index in [2.05, 4.69) is 5.32 Å². The molecule has 0 aromatic heterocycles. The van der Waals surface area contributed by atoms with Gasteiger partial charge in [-0.15, -0.1) is 0 Å². The number of carbonyl (C=O) groups excluding carboxylic acids is 1. The second kappa shape index (κ2) is 5.87. The topological polar surface area (TPSA) is 63.2 Å². The molecule has 110 valence electrons. The van der Waals surface area contributed by atoms with Gasteiger partial charge in [0.1, 0.15) is 0 Å². The van der Waals surface area contributed by atoms with Gasteiger partial charge in [0.05, 0.1) is 15.5 Å². The molecule has 0 fully saturated rings. The van der Waals surface area contributed by atoms with Crippen molar-refractivity contribution in [3.63, 3.8) is 0 Å². The van der Waals surface area contributed by atoms with Crippen molar-refractivity contribution in [2.75, 3.05) is 11.6 Å². The average molecular weight is 324 g/mol. The van der Waals surface area contributed by atoms with Crippen molar-refractivity contribution in [2.45, 2.75) is 11.8 Å². The molecule has 1 N–H and O–H groups in total. The summed E-state index contributed by atoms with van der Waals surface area (Å²) in [6.45, 7) is 1.91. The molecule has 2 aromatic rings. The highest BCUT2D eigenvalue weighted by atomic mass is 35.5. The van der Waals surface area contributed by atoms with Gasteiger partial charge in [0.2, 0.25) is 0 Å². The Labute approximate surface area is 128 Å². The Morgan fingerprint density at radius 3 is 2.48 bits per heavy atom. The number of hydrogen-bond acceptors (Lipinski definition) is 3. The van der Waals surface area contributed by atoms with Gasteiger partial charge in [0.15, 0.2) is 9.84 Å². The van der Waals surface area contributed by atoms with Crippen LogP contribution < -0.4 is 5.32 Å². The van der Waals surface area contributed by atoms with Crippen molar-refractivity contribution in [1.82, 2.24) is 0 Å². The number of sulfone groups is 1. The zero-order valence-electron chi connectivity index (χ0n) is 11.6. The van der Waals surface area contributed by atoms with Crippen molar-refractivity contribution in [2.24, 2.45) is 0 Å². The molecule has 0 saturated heterocycles. The lowest BCUT2D eigenvalue weighted by atomic mass is 10.2. The number of benzene rings is 2. The predicted octanol–water partition coefficient (Wildman–Crippen LogP) is 3.30. The average Bonchev–Trinajstić information content (AvgIpc) is 2.37. The van der Waals surface area contributed by atoms with Crippen LogP contribution in [0.15, 0.2) is 47.4 Å². The Balaban J connectivity index is 2.35. The van der Waals surface area contributed by atoms with Crippen LogP contribution in [0.2, 0.25) is 5.02 Å². The Kier molecular flexibility index (Phi) is 4.34. The smallest absolute Gasteiger partial charge is 0.257 e. The molecule has 2 aromatic carbocycles. The molecular weight excluding hydrogens is 310 g/mol. The van der Waals surface area contributed by atoms with E-state index in [9.17, 15) is 13.2 Å². The molecule has 0 aliphatic rings. The van der Waals surface area contributed by atoms with Crippen molar-refractivity contribution in [1.29, 1.82) is 0 Å². The Morgan fingerprint density at radius 2 is 1.86 bits per heavy atom. The van der Waals surface area contributed by atoms with Crippen LogP contribution >= 0.6 is 11.6 Å². The molecule has 6 heteroatoms. The second-order valence-corrected chi connectivity index (χ2v) is 7.16. The van der Waals surface area contributed by atoms with Crippen LogP contribution in [0.1, 0.15) is 15.9 Å². The van der Waals surface area contributed by atoms with E-state index in [1.54, 1.807) is 6.07 Å². The first-order valence-electron chi connectivity index (χ1n) is 6.15. The highest BCUT2D eigenvalue weighted by Crippen LogP contribution is 2.22. The van der Waals surface area contributed by atoms with Gasteiger partial charge in [-0.25, -0.2) is 8.42 Å². The Morgan fingerprint density at radius 1 is 1.14 bits per heavy atom. The van der Waals surface area contributed by atoms with E-state index in [1.807, 2.05) is 25.1 Å². The molecule has 0 bridgehead atoms. The maximum Gasteiger partial charge on any atom is 0.257 e. The number of hydrogen-bond donors (Lipinski definition) is 1. The number of aryl methyl sites for hydroxylation is 1. The molecule has 1 amide bonds. The van der Waals surface area contributed by atoms with E-state index in [0.29, 0.717) is 5.69 Å². The minimum absolute atomic E-state index is 0.0568. The van der Waals surface area contributed by atoms with Crippen LogP contribution in [0, 0.1) is 6.92 Å². The number of amides is 1. The monoisotopic (exact) mass is 323 g/mol. The lowest BCUT2D eigenvalue weighted by Crippen LogP contribution is -2.13. The molecule has 0 saturated carbocycles. The highest BCUT2D eigenvalue weighted by Gasteiger charge is 2.15. The van der Waals surface area contributed by atoms with Crippen molar-refractivity contribution in [3.8, 4) is 0 Å². The summed E-state index contributed by atoms with van der Waals surface area (Å²) in [5, 5.41) is 2.90. The Bertz CT molecular complexity index is 800. The molecule has 0 aliphatic heterocycles. The third kappa shape index (κ3) is 3.83. The van der Waals surface area contributed by atoms with E-state index in [1.165, 1.54) is 18.2 Å². The lowest BCUT2D eigenvalue weighted by Gasteiger charge is -2.09. The van der Waals surface area contributed by atoms with Gasteiger partial charge in [0, 0.05) is 11.9 Å². The molecule has 0 aliphatic carbocycles. The van der Waals surface area contributed by atoms with Crippen molar-refractivity contribution >= 4 is 33.0 Å². The summed E-state index contributed by atoms with van der Waals surface area (Å²) in [4.78, 5) is 12.3. The SMILES string of the molecule is Cc1cccc(NC(=O)c2cc(S(C)(=O)=O)ccc2Cl)c1. The fourth-order valence-electron chi connectivity index (χ4n) is 1.83. The summed E-state index contributed by atoms with van der Waals surface area (Å²) in [6, 6.07) is 11.4. The van der Waals surface area contributed by atoms with Gasteiger partial charge in [-0.3, -0.25) is 4.79 Å².